The number of piperidine rings is 2. The Morgan fingerprint density at radius 3 is 2.54 bits per heavy atom. The number of carbonyl (C=O) groups excluding carboxylic acids is 1. The van der Waals surface area contributed by atoms with Gasteiger partial charge in [-0.15, -0.1) is 0 Å². The molecule has 1 aromatic rings. The first-order valence-electron chi connectivity index (χ1n) is 9.26. The maximum Gasteiger partial charge on any atom is 0.415 e. The molecule has 0 saturated carbocycles. The predicted octanol–water partition coefficient (Wildman–Crippen LogP) is 3.28. The Labute approximate surface area is 144 Å². The normalized spacial score (nSPS) is 20.1. The van der Waals surface area contributed by atoms with Gasteiger partial charge in [-0.1, -0.05) is 13.3 Å². The summed E-state index contributed by atoms with van der Waals surface area (Å²) in [5.74, 6) is 0.587. The molecule has 0 aliphatic carbocycles. The van der Waals surface area contributed by atoms with Gasteiger partial charge in [-0.2, -0.15) is 0 Å². The molecule has 0 unspecified atom stereocenters. The van der Waals surface area contributed by atoms with Crippen molar-refractivity contribution in [3.8, 4) is 5.75 Å². The predicted molar refractivity (Wildman–Crippen MR) is 96.3 cm³/mol. The Morgan fingerprint density at radius 1 is 1.17 bits per heavy atom. The van der Waals surface area contributed by atoms with Gasteiger partial charge in [-0.25, -0.2) is 4.79 Å². The fourth-order valence-electron chi connectivity index (χ4n) is 3.81. The number of carbonyl (C=O) groups is 1. The van der Waals surface area contributed by atoms with Crippen LogP contribution in [0.4, 0.5) is 10.5 Å². The number of rotatable bonds is 3. The topological polar surface area (TPSA) is 58.8 Å². The number of aryl methyl sites for hydroxylation is 1. The van der Waals surface area contributed by atoms with E-state index in [4.69, 9.17) is 10.5 Å². The molecular formula is C19H29N3O2. The third-order valence-electron chi connectivity index (χ3n) is 5.33. The van der Waals surface area contributed by atoms with Crippen molar-refractivity contribution in [3.05, 3.63) is 23.8 Å². The fraction of sp³-hybridized carbons (Fsp3) is 0.632. The molecule has 2 N–H and O–H groups in total. The molecule has 5 nitrogen and oxygen atoms in total. The fourth-order valence-corrected chi connectivity index (χ4v) is 3.81. The quantitative estimate of drug-likeness (QED) is 0.864. The van der Waals surface area contributed by atoms with E-state index in [0.29, 0.717) is 11.8 Å². The van der Waals surface area contributed by atoms with Crippen LogP contribution in [0.1, 0.15) is 44.6 Å². The van der Waals surface area contributed by atoms with Crippen molar-refractivity contribution >= 4 is 11.8 Å². The van der Waals surface area contributed by atoms with Crippen molar-refractivity contribution in [2.45, 2.75) is 51.5 Å². The van der Waals surface area contributed by atoms with E-state index in [9.17, 15) is 4.79 Å². The molecule has 2 heterocycles. The first-order chi connectivity index (χ1) is 11.7. The minimum absolute atomic E-state index is 0.237. The molecule has 1 amide bonds. The van der Waals surface area contributed by atoms with Gasteiger partial charge in [-0.05, 0) is 69.0 Å². The van der Waals surface area contributed by atoms with E-state index < -0.39 is 0 Å². The zero-order chi connectivity index (χ0) is 16.9. The molecule has 0 bridgehead atoms. The second-order valence-electron chi connectivity index (χ2n) is 6.90. The van der Waals surface area contributed by atoms with E-state index >= 15 is 0 Å². The van der Waals surface area contributed by atoms with Crippen LogP contribution in [0.25, 0.3) is 0 Å². The lowest BCUT2D eigenvalue weighted by atomic mass is 10.0. The molecule has 24 heavy (non-hydrogen) atoms. The van der Waals surface area contributed by atoms with Gasteiger partial charge in [0, 0.05) is 24.8 Å². The van der Waals surface area contributed by atoms with Crippen LogP contribution in [0.15, 0.2) is 18.2 Å². The summed E-state index contributed by atoms with van der Waals surface area (Å²) in [4.78, 5) is 16.8. The van der Waals surface area contributed by atoms with Gasteiger partial charge in [0.25, 0.3) is 0 Å². The highest BCUT2D eigenvalue weighted by Gasteiger charge is 2.28. The zero-order valence-electron chi connectivity index (χ0n) is 14.7. The molecule has 2 fully saturated rings. The van der Waals surface area contributed by atoms with Crippen molar-refractivity contribution in [1.29, 1.82) is 0 Å². The van der Waals surface area contributed by atoms with Crippen LogP contribution in [-0.2, 0) is 6.42 Å². The number of hydrogen-bond acceptors (Lipinski definition) is 4. The molecule has 132 valence electrons. The Hall–Kier alpha value is -1.75. The average Bonchev–Trinajstić information content (AvgIpc) is 2.64. The maximum atomic E-state index is 12.4. The highest BCUT2D eigenvalue weighted by molar-refractivity contribution is 5.71. The van der Waals surface area contributed by atoms with Crippen LogP contribution >= 0.6 is 0 Å². The SMILES string of the molecule is CCc1cc(OC(=O)N2CCC(N3CCCCC3)CC2)ccc1N. The number of hydrogen-bond donors (Lipinski definition) is 1. The van der Waals surface area contributed by atoms with Gasteiger partial charge in [-0.3, -0.25) is 0 Å². The van der Waals surface area contributed by atoms with E-state index in [0.717, 1.165) is 43.6 Å². The minimum Gasteiger partial charge on any atom is -0.410 e. The molecule has 0 spiro atoms. The van der Waals surface area contributed by atoms with Crippen LogP contribution in [0.5, 0.6) is 5.75 Å². The van der Waals surface area contributed by atoms with Crippen LogP contribution in [0.3, 0.4) is 0 Å². The number of anilines is 1. The van der Waals surface area contributed by atoms with Gasteiger partial charge >= 0.3 is 6.09 Å². The third kappa shape index (κ3) is 4.01. The highest BCUT2D eigenvalue weighted by atomic mass is 16.6. The lowest BCUT2D eigenvalue weighted by Gasteiger charge is -2.39. The Balaban J connectivity index is 1.51. The lowest BCUT2D eigenvalue weighted by molar-refractivity contribution is 0.0878. The first-order valence-corrected chi connectivity index (χ1v) is 9.26. The molecule has 2 saturated heterocycles. The number of ether oxygens (including phenoxy) is 1. The summed E-state index contributed by atoms with van der Waals surface area (Å²) in [5, 5.41) is 0. The Kier molecular flexibility index (Phi) is 5.61. The van der Waals surface area contributed by atoms with E-state index in [1.807, 2.05) is 24.0 Å². The van der Waals surface area contributed by atoms with Crippen LogP contribution < -0.4 is 10.5 Å². The average molecular weight is 331 g/mol. The molecule has 0 aromatic heterocycles. The lowest BCUT2D eigenvalue weighted by Crippen LogP contribution is -2.48. The minimum atomic E-state index is -0.237. The summed E-state index contributed by atoms with van der Waals surface area (Å²) >= 11 is 0. The van der Waals surface area contributed by atoms with E-state index in [1.165, 1.54) is 32.4 Å². The van der Waals surface area contributed by atoms with Crippen molar-refractivity contribution in [2.24, 2.45) is 0 Å². The summed E-state index contributed by atoms with van der Waals surface area (Å²) in [5.41, 5.74) is 7.67. The van der Waals surface area contributed by atoms with Gasteiger partial charge in [0.2, 0.25) is 0 Å². The Bertz CT molecular complexity index is 562. The van der Waals surface area contributed by atoms with Crippen LogP contribution in [-0.4, -0.2) is 48.1 Å². The first kappa shape index (κ1) is 17.1. The molecule has 5 heteroatoms. The third-order valence-corrected chi connectivity index (χ3v) is 5.33. The van der Waals surface area contributed by atoms with E-state index in [1.54, 1.807) is 6.07 Å². The summed E-state index contributed by atoms with van der Waals surface area (Å²) in [6, 6.07) is 6.09. The summed E-state index contributed by atoms with van der Waals surface area (Å²) < 4.78 is 5.55. The summed E-state index contributed by atoms with van der Waals surface area (Å²) in [6.07, 6.45) is 6.70. The molecule has 2 aliphatic rings. The second kappa shape index (κ2) is 7.88. The Morgan fingerprint density at radius 2 is 1.88 bits per heavy atom. The molecule has 2 aliphatic heterocycles. The van der Waals surface area contributed by atoms with Crippen LogP contribution in [0, 0.1) is 0 Å². The largest absolute Gasteiger partial charge is 0.415 e. The molecule has 0 atom stereocenters. The van der Waals surface area contributed by atoms with Gasteiger partial charge in [0.15, 0.2) is 0 Å². The monoisotopic (exact) mass is 331 g/mol. The molecular weight excluding hydrogens is 302 g/mol. The second-order valence-corrected chi connectivity index (χ2v) is 6.90. The van der Waals surface area contributed by atoms with Gasteiger partial charge < -0.3 is 20.3 Å². The van der Waals surface area contributed by atoms with Crippen molar-refractivity contribution in [1.82, 2.24) is 9.80 Å². The molecule has 0 radical (unpaired) electrons. The zero-order valence-corrected chi connectivity index (χ0v) is 14.7. The standard InChI is InChI=1S/C19H29N3O2/c1-2-15-14-17(6-7-18(15)20)24-19(23)22-12-8-16(9-13-22)21-10-4-3-5-11-21/h6-7,14,16H,2-5,8-13,20H2,1H3. The van der Waals surface area contributed by atoms with Crippen molar-refractivity contribution in [2.75, 3.05) is 31.9 Å². The number of nitrogen functional groups attached to an aromatic ring is 1. The molecule has 1 aromatic carbocycles. The maximum absolute atomic E-state index is 12.4. The van der Waals surface area contributed by atoms with Crippen LogP contribution in [0.2, 0.25) is 0 Å². The van der Waals surface area contributed by atoms with Gasteiger partial charge in [0.1, 0.15) is 5.75 Å². The number of nitrogens with two attached hydrogens (primary N) is 1. The summed E-state index contributed by atoms with van der Waals surface area (Å²) in [7, 11) is 0. The van der Waals surface area contributed by atoms with Crippen molar-refractivity contribution in [3.63, 3.8) is 0 Å². The number of nitrogens with zero attached hydrogens (tertiary/aromatic N) is 2. The van der Waals surface area contributed by atoms with Crippen molar-refractivity contribution < 1.29 is 9.53 Å². The summed E-state index contributed by atoms with van der Waals surface area (Å²) in [6.45, 7) is 6.06. The smallest absolute Gasteiger partial charge is 0.410 e. The highest BCUT2D eigenvalue weighted by Crippen LogP contribution is 2.23. The number of benzene rings is 1. The number of likely N-dealkylation sites (tertiary alicyclic amines) is 2. The van der Waals surface area contributed by atoms with E-state index in [-0.39, 0.29) is 6.09 Å². The van der Waals surface area contributed by atoms with Gasteiger partial charge in [0.05, 0.1) is 0 Å². The van der Waals surface area contributed by atoms with E-state index in [2.05, 4.69) is 4.90 Å². The number of amides is 1. The molecule has 3 rings (SSSR count).